The number of methoxy groups -OCH3 is 2. The Morgan fingerprint density at radius 2 is 2.06 bits per heavy atom. The Morgan fingerprint density at radius 1 is 1.26 bits per heavy atom. The lowest BCUT2D eigenvalue weighted by molar-refractivity contribution is 0.160. The number of nitrogens with zero attached hydrogens (tertiary/aromatic N) is 5. The summed E-state index contributed by atoms with van der Waals surface area (Å²) < 4.78 is 44.7. The normalized spacial score (nSPS) is 13.8. The van der Waals surface area contributed by atoms with Gasteiger partial charge < -0.3 is 24.2 Å². The smallest absolute Gasteiger partial charge is 0.243 e. The zero-order valence-corrected chi connectivity index (χ0v) is 19.6. The standard InChI is InChI=1S/C21H20N6O7S/c1-12-10-17(34-25-12)15(29)11-35(30,31)26-21-24-23-20(13-6-4-9-18(22-13)33-3)27(21)19-14(28)7-5-8-16(19)32-2/h5,7-10,15,28-29H,11H2,1-3H3,(H,24,26)/t15-/m1/s1. The molecule has 35 heavy (non-hydrogen) atoms. The fraction of sp³-hybridized carbons (Fsp3) is 0.238. The number of phenolic OH excluding ortho intramolecular Hbond substituents is 1. The Balaban J connectivity index is 1.80. The molecule has 3 N–H and O–H groups in total. The summed E-state index contributed by atoms with van der Waals surface area (Å²) in [6.45, 7) is 1.64. The summed E-state index contributed by atoms with van der Waals surface area (Å²) in [7, 11) is -1.42. The van der Waals surface area contributed by atoms with E-state index in [1.807, 2.05) is 0 Å². The number of aromatic hydroxyl groups is 1. The monoisotopic (exact) mass is 500 g/mol. The van der Waals surface area contributed by atoms with Crippen molar-refractivity contribution in [2.75, 3.05) is 24.7 Å². The number of anilines is 1. The summed E-state index contributed by atoms with van der Waals surface area (Å²) in [5.74, 6) is -0.944. The maximum absolute atomic E-state index is 12.9. The maximum Gasteiger partial charge on any atom is 0.243 e. The number of sulfonamides is 1. The molecule has 13 nitrogen and oxygen atoms in total. The molecule has 1 aliphatic heterocycles. The van der Waals surface area contributed by atoms with Crippen LogP contribution >= 0.6 is 0 Å². The quantitative estimate of drug-likeness (QED) is 0.384. The predicted octanol–water partition coefficient (Wildman–Crippen LogP) is 1.46. The molecule has 14 heteroatoms. The minimum Gasteiger partial charge on any atom is -0.506 e. The molecule has 3 aromatic rings. The fourth-order valence-corrected chi connectivity index (χ4v) is 4.25. The van der Waals surface area contributed by atoms with Crippen molar-refractivity contribution in [3.63, 3.8) is 0 Å². The van der Waals surface area contributed by atoms with Gasteiger partial charge in [0.1, 0.15) is 29.0 Å². The number of aryl methyl sites for hydroxylation is 1. The molecule has 1 aliphatic rings. The highest BCUT2D eigenvalue weighted by Crippen LogP contribution is 2.36. The average Bonchev–Trinajstić information content (AvgIpc) is 3.44. The highest BCUT2D eigenvalue weighted by Gasteiger charge is 2.28. The van der Waals surface area contributed by atoms with Crippen LogP contribution in [-0.4, -0.2) is 64.4 Å². The van der Waals surface area contributed by atoms with Crippen molar-refractivity contribution in [2.24, 2.45) is 4.99 Å². The topological polar surface area (TPSA) is 174 Å². The molecule has 0 spiro atoms. The van der Waals surface area contributed by atoms with Crippen molar-refractivity contribution in [3.05, 3.63) is 59.1 Å². The number of para-hydroxylation sites is 1. The van der Waals surface area contributed by atoms with Crippen molar-refractivity contribution < 1.29 is 32.6 Å². The van der Waals surface area contributed by atoms with E-state index in [1.54, 1.807) is 19.1 Å². The van der Waals surface area contributed by atoms with E-state index in [2.05, 4.69) is 36.5 Å². The molecular weight excluding hydrogens is 480 g/mol. The second-order valence-corrected chi connectivity index (χ2v) is 8.96. The van der Waals surface area contributed by atoms with E-state index in [-0.39, 0.29) is 46.3 Å². The number of nitrogens with one attached hydrogen (secondary N) is 1. The van der Waals surface area contributed by atoms with Crippen molar-refractivity contribution in [3.8, 4) is 17.2 Å². The third-order valence-electron chi connectivity index (χ3n) is 4.71. The lowest BCUT2D eigenvalue weighted by Crippen LogP contribution is -2.23. The van der Waals surface area contributed by atoms with E-state index in [9.17, 15) is 18.6 Å². The Hall–Kier alpha value is -4.35. The van der Waals surface area contributed by atoms with Crippen LogP contribution in [0.15, 0.2) is 51.3 Å². The average molecular weight is 500 g/mol. The number of aliphatic hydroxyl groups excluding tert-OH is 1. The SMILES string of the molecule is COC1=NC(c2nnc(NS(=O)(=O)C[C@@H](O)c3cc(C)no3)n2-c2c(O)cccc2OC)=C=C=C1. The maximum atomic E-state index is 12.9. The van der Waals surface area contributed by atoms with Crippen LogP contribution in [0.25, 0.3) is 11.4 Å². The molecule has 3 heterocycles. The molecule has 0 aliphatic carbocycles. The number of phenols is 1. The van der Waals surface area contributed by atoms with Crippen molar-refractivity contribution >= 4 is 27.6 Å². The van der Waals surface area contributed by atoms with E-state index in [1.165, 1.54) is 37.0 Å². The van der Waals surface area contributed by atoms with Crippen LogP contribution in [0.4, 0.5) is 5.95 Å². The Kier molecular flexibility index (Phi) is 6.45. The second kappa shape index (κ2) is 9.49. The largest absolute Gasteiger partial charge is 0.506 e. The molecule has 0 unspecified atom stereocenters. The number of hydrogen-bond donors (Lipinski definition) is 3. The molecule has 1 atom stereocenters. The van der Waals surface area contributed by atoms with Gasteiger partial charge in [0, 0.05) is 6.07 Å². The predicted molar refractivity (Wildman–Crippen MR) is 123 cm³/mol. The van der Waals surface area contributed by atoms with Gasteiger partial charge in [0.2, 0.25) is 21.9 Å². The van der Waals surface area contributed by atoms with Crippen LogP contribution < -0.4 is 9.46 Å². The van der Waals surface area contributed by atoms with Crippen LogP contribution in [0.1, 0.15) is 23.4 Å². The molecule has 2 aromatic heterocycles. The number of aromatic nitrogens is 4. The molecule has 182 valence electrons. The van der Waals surface area contributed by atoms with Crippen molar-refractivity contribution in [2.45, 2.75) is 13.0 Å². The Bertz CT molecular complexity index is 1510. The molecule has 0 saturated carbocycles. The Morgan fingerprint density at radius 3 is 2.74 bits per heavy atom. The first-order valence-electron chi connectivity index (χ1n) is 10.0. The summed E-state index contributed by atoms with van der Waals surface area (Å²) in [6, 6.07) is 5.91. The van der Waals surface area contributed by atoms with Gasteiger partial charge in [0.15, 0.2) is 17.3 Å². The molecule has 0 saturated heterocycles. The first kappa shape index (κ1) is 23.8. The first-order valence-corrected chi connectivity index (χ1v) is 11.7. The lowest BCUT2D eigenvalue weighted by atomic mass is 10.2. The second-order valence-electron chi connectivity index (χ2n) is 7.20. The van der Waals surface area contributed by atoms with Gasteiger partial charge in [-0.1, -0.05) is 17.0 Å². The number of rotatable bonds is 8. The summed E-state index contributed by atoms with van der Waals surface area (Å²) in [4.78, 5) is 4.24. The van der Waals surface area contributed by atoms with Crippen molar-refractivity contribution in [1.82, 2.24) is 19.9 Å². The summed E-state index contributed by atoms with van der Waals surface area (Å²) in [5.41, 5.74) is 6.12. The van der Waals surface area contributed by atoms with E-state index in [4.69, 9.17) is 14.0 Å². The van der Waals surface area contributed by atoms with Crippen LogP contribution in [-0.2, 0) is 14.8 Å². The number of ether oxygens (including phenoxy) is 2. The van der Waals surface area contributed by atoms with Crippen LogP contribution in [0.2, 0.25) is 0 Å². The van der Waals surface area contributed by atoms with E-state index in [0.29, 0.717) is 5.69 Å². The van der Waals surface area contributed by atoms with Gasteiger partial charge in [-0.2, -0.15) is 0 Å². The number of aliphatic imine (C=N–C) groups is 1. The van der Waals surface area contributed by atoms with Crippen LogP contribution in [0, 0.1) is 6.92 Å². The van der Waals surface area contributed by atoms with Crippen LogP contribution in [0.5, 0.6) is 11.5 Å². The summed E-state index contributed by atoms with van der Waals surface area (Å²) in [5, 5.41) is 32.6. The zero-order chi connectivity index (χ0) is 25.2. The van der Waals surface area contributed by atoms with Gasteiger partial charge in [-0.3, -0.25) is 9.29 Å². The highest BCUT2D eigenvalue weighted by atomic mass is 32.2. The van der Waals surface area contributed by atoms with Gasteiger partial charge in [-0.05, 0) is 24.8 Å². The molecule has 1 aromatic carbocycles. The molecule has 4 rings (SSSR count). The molecule has 0 fully saturated rings. The molecule has 0 bridgehead atoms. The summed E-state index contributed by atoms with van der Waals surface area (Å²) >= 11 is 0. The van der Waals surface area contributed by atoms with Gasteiger partial charge in [-0.25, -0.2) is 13.4 Å². The molecule has 0 amide bonds. The number of hydrogen-bond acceptors (Lipinski definition) is 11. The number of aliphatic hydroxyl groups is 1. The number of benzene rings is 1. The molecular formula is C21H20N6O7S. The molecule has 0 radical (unpaired) electrons. The highest BCUT2D eigenvalue weighted by molar-refractivity contribution is 7.92. The summed E-state index contributed by atoms with van der Waals surface area (Å²) in [6.07, 6.45) is -0.0479. The van der Waals surface area contributed by atoms with E-state index >= 15 is 0 Å². The minimum atomic E-state index is -4.21. The van der Waals surface area contributed by atoms with Gasteiger partial charge >= 0.3 is 0 Å². The van der Waals surface area contributed by atoms with Gasteiger partial charge in [-0.15, -0.1) is 10.2 Å². The minimum absolute atomic E-state index is 0.00376. The van der Waals surface area contributed by atoms with Gasteiger partial charge in [0.05, 0.1) is 26.0 Å². The zero-order valence-electron chi connectivity index (χ0n) is 18.8. The van der Waals surface area contributed by atoms with Crippen molar-refractivity contribution in [1.29, 1.82) is 0 Å². The Labute approximate surface area is 199 Å². The third-order valence-corrected chi connectivity index (χ3v) is 5.96. The van der Waals surface area contributed by atoms with Gasteiger partial charge in [0.25, 0.3) is 0 Å². The third kappa shape index (κ3) is 4.95. The van der Waals surface area contributed by atoms with E-state index in [0.717, 1.165) is 0 Å². The first-order chi connectivity index (χ1) is 16.7. The fourth-order valence-electron chi connectivity index (χ4n) is 3.17. The lowest BCUT2D eigenvalue weighted by Gasteiger charge is -2.16. The van der Waals surface area contributed by atoms with E-state index < -0.39 is 21.9 Å². The van der Waals surface area contributed by atoms with Crippen LogP contribution in [0.3, 0.4) is 0 Å².